The smallest absolute Gasteiger partial charge is 0.163 e. The minimum absolute atomic E-state index is 0.131. The van der Waals surface area contributed by atoms with Crippen LogP contribution in [0.15, 0.2) is 25.3 Å². The van der Waals surface area contributed by atoms with Gasteiger partial charge in [-0.05, 0) is 33.1 Å². The molecule has 1 aliphatic heterocycles. The van der Waals surface area contributed by atoms with Gasteiger partial charge in [0.25, 0.3) is 0 Å². The van der Waals surface area contributed by atoms with Crippen LogP contribution >= 0.6 is 0 Å². The lowest BCUT2D eigenvalue weighted by atomic mass is 10.1. The standard InChI is InChI=1S/C16H28O4/c1-6-9-12(17)13(8-3)19-14(10-7-2)15-11-18-16(4,5)20-15/h6-7,12-15,17H,1-2,8-11H2,3-5H3/t12?,13-,14-,15-/m1/s1. The van der Waals surface area contributed by atoms with Crippen LogP contribution in [-0.4, -0.2) is 41.9 Å². The molecule has 0 radical (unpaired) electrons. The Balaban J connectivity index is 2.65. The van der Waals surface area contributed by atoms with E-state index in [9.17, 15) is 5.11 Å². The SMILES string of the molecule is C=CCC(O)[C@@H](CC)O[C@H](CC=C)[C@H]1COC(C)(C)O1. The molecule has 4 nitrogen and oxygen atoms in total. The maximum Gasteiger partial charge on any atom is 0.163 e. The fraction of sp³-hybridized carbons (Fsp3) is 0.750. The second-order valence-corrected chi connectivity index (χ2v) is 5.60. The van der Waals surface area contributed by atoms with Crippen LogP contribution in [0.2, 0.25) is 0 Å². The lowest BCUT2D eigenvalue weighted by molar-refractivity contribution is -0.169. The minimum atomic E-state index is -0.575. The van der Waals surface area contributed by atoms with Crippen LogP contribution in [0.1, 0.15) is 40.0 Å². The molecule has 0 spiro atoms. The van der Waals surface area contributed by atoms with Gasteiger partial charge in [0, 0.05) is 0 Å². The maximum atomic E-state index is 10.1. The van der Waals surface area contributed by atoms with Crippen molar-refractivity contribution in [1.29, 1.82) is 0 Å². The quantitative estimate of drug-likeness (QED) is 0.661. The van der Waals surface area contributed by atoms with Crippen LogP contribution in [0.5, 0.6) is 0 Å². The molecule has 0 aliphatic carbocycles. The third-order valence-electron chi connectivity index (χ3n) is 3.43. The number of ether oxygens (including phenoxy) is 3. The van der Waals surface area contributed by atoms with E-state index in [1.165, 1.54) is 0 Å². The Hall–Kier alpha value is -0.680. The predicted molar refractivity (Wildman–Crippen MR) is 79.5 cm³/mol. The zero-order valence-electron chi connectivity index (χ0n) is 12.9. The van der Waals surface area contributed by atoms with Crippen LogP contribution in [0.3, 0.4) is 0 Å². The third-order valence-corrected chi connectivity index (χ3v) is 3.43. The van der Waals surface area contributed by atoms with Crippen molar-refractivity contribution in [3.05, 3.63) is 25.3 Å². The summed E-state index contributed by atoms with van der Waals surface area (Å²) in [6, 6.07) is 0. The number of hydrogen-bond donors (Lipinski definition) is 1. The largest absolute Gasteiger partial charge is 0.390 e. The van der Waals surface area contributed by atoms with Crippen LogP contribution < -0.4 is 0 Å². The van der Waals surface area contributed by atoms with E-state index in [0.717, 1.165) is 6.42 Å². The van der Waals surface area contributed by atoms with Gasteiger partial charge in [-0.1, -0.05) is 19.1 Å². The average Bonchev–Trinajstić information content (AvgIpc) is 2.75. The first-order valence-corrected chi connectivity index (χ1v) is 7.30. The molecule has 1 heterocycles. The highest BCUT2D eigenvalue weighted by molar-refractivity contribution is 4.87. The lowest BCUT2D eigenvalue weighted by Gasteiger charge is -2.30. The highest BCUT2D eigenvalue weighted by Crippen LogP contribution is 2.28. The van der Waals surface area contributed by atoms with Gasteiger partial charge in [-0.2, -0.15) is 0 Å². The first-order chi connectivity index (χ1) is 9.43. The molecule has 0 amide bonds. The van der Waals surface area contributed by atoms with Gasteiger partial charge in [0.1, 0.15) is 6.10 Å². The Morgan fingerprint density at radius 3 is 2.45 bits per heavy atom. The summed E-state index contributed by atoms with van der Waals surface area (Å²) in [6.07, 6.45) is 4.38. The van der Waals surface area contributed by atoms with Gasteiger partial charge in [0.15, 0.2) is 5.79 Å². The molecule has 0 aromatic carbocycles. The molecule has 1 aliphatic rings. The zero-order chi connectivity index (χ0) is 15.2. The van der Waals surface area contributed by atoms with E-state index < -0.39 is 11.9 Å². The fourth-order valence-electron chi connectivity index (χ4n) is 2.36. The molecule has 0 bridgehead atoms. The number of aliphatic hydroxyl groups is 1. The van der Waals surface area contributed by atoms with Gasteiger partial charge in [0.05, 0.1) is 24.9 Å². The molecule has 1 rings (SSSR count). The third kappa shape index (κ3) is 5.02. The molecule has 0 aromatic rings. The number of hydrogen-bond acceptors (Lipinski definition) is 4. The molecule has 1 fully saturated rings. The Morgan fingerprint density at radius 1 is 1.35 bits per heavy atom. The molecule has 20 heavy (non-hydrogen) atoms. The van der Waals surface area contributed by atoms with Gasteiger partial charge in [-0.15, -0.1) is 13.2 Å². The van der Waals surface area contributed by atoms with E-state index in [2.05, 4.69) is 13.2 Å². The normalized spacial score (nSPS) is 25.9. The monoisotopic (exact) mass is 284 g/mol. The summed E-state index contributed by atoms with van der Waals surface area (Å²) >= 11 is 0. The van der Waals surface area contributed by atoms with Crippen molar-refractivity contribution < 1.29 is 19.3 Å². The van der Waals surface area contributed by atoms with Gasteiger partial charge in [-0.25, -0.2) is 0 Å². The zero-order valence-corrected chi connectivity index (χ0v) is 12.9. The first-order valence-electron chi connectivity index (χ1n) is 7.30. The molecule has 1 N–H and O–H groups in total. The van der Waals surface area contributed by atoms with Gasteiger partial charge in [0.2, 0.25) is 0 Å². The minimum Gasteiger partial charge on any atom is -0.390 e. The van der Waals surface area contributed by atoms with Crippen molar-refractivity contribution in [2.75, 3.05) is 6.61 Å². The predicted octanol–water partition coefficient (Wildman–Crippen LogP) is 2.81. The van der Waals surface area contributed by atoms with Crippen LogP contribution in [0.25, 0.3) is 0 Å². The topological polar surface area (TPSA) is 47.9 Å². The van der Waals surface area contributed by atoms with Crippen molar-refractivity contribution in [3.8, 4) is 0 Å². The summed E-state index contributed by atoms with van der Waals surface area (Å²) in [7, 11) is 0. The molecule has 4 heteroatoms. The maximum absolute atomic E-state index is 10.1. The Labute approximate surface area is 122 Å². The Morgan fingerprint density at radius 2 is 2.00 bits per heavy atom. The Bertz CT molecular complexity index is 314. The highest BCUT2D eigenvalue weighted by Gasteiger charge is 2.38. The molecule has 1 unspecified atom stereocenters. The van der Waals surface area contributed by atoms with Crippen molar-refractivity contribution in [1.82, 2.24) is 0 Å². The molecule has 1 saturated heterocycles. The summed E-state index contributed by atoms with van der Waals surface area (Å²) in [5.41, 5.74) is 0. The second-order valence-electron chi connectivity index (χ2n) is 5.60. The number of aliphatic hydroxyl groups excluding tert-OH is 1. The second kappa shape index (κ2) is 7.93. The summed E-state index contributed by atoms with van der Waals surface area (Å²) in [6.45, 7) is 13.7. The molecule has 0 saturated carbocycles. The van der Waals surface area contributed by atoms with Crippen LogP contribution in [0.4, 0.5) is 0 Å². The lowest BCUT2D eigenvalue weighted by Crippen LogP contribution is -2.39. The average molecular weight is 284 g/mol. The van der Waals surface area contributed by atoms with E-state index in [-0.39, 0.29) is 18.3 Å². The van der Waals surface area contributed by atoms with E-state index in [4.69, 9.17) is 14.2 Å². The van der Waals surface area contributed by atoms with E-state index >= 15 is 0 Å². The van der Waals surface area contributed by atoms with Crippen molar-refractivity contribution in [2.24, 2.45) is 0 Å². The summed E-state index contributed by atoms with van der Waals surface area (Å²) in [4.78, 5) is 0. The molecule has 116 valence electrons. The van der Waals surface area contributed by atoms with Gasteiger partial charge in [-0.3, -0.25) is 0 Å². The van der Waals surface area contributed by atoms with Gasteiger partial charge >= 0.3 is 0 Å². The van der Waals surface area contributed by atoms with Crippen molar-refractivity contribution in [3.63, 3.8) is 0 Å². The van der Waals surface area contributed by atoms with E-state index in [1.807, 2.05) is 26.8 Å². The van der Waals surface area contributed by atoms with E-state index in [1.54, 1.807) is 6.08 Å². The summed E-state index contributed by atoms with van der Waals surface area (Å²) in [5.74, 6) is -0.575. The number of rotatable bonds is 9. The van der Waals surface area contributed by atoms with Gasteiger partial charge < -0.3 is 19.3 Å². The van der Waals surface area contributed by atoms with E-state index in [0.29, 0.717) is 19.4 Å². The fourth-order valence-corrected chi connectivity index (χ4v) is 2.36. The summed E-state index contributed by atoms with van der Waals surface area (Å²) in [5, 5.41) is 10.1. The first kappa shape index (κ1) is 17.4. The molecule has 0 aromatic heterocycles. The highest BCUT2D eigenvalue weighted by atomic mass is 16.7. The Kier molecular flexibility index (Phi) is 6.89. The van der Waals surface area contributed by atoms with Crippen LogP contribution in [-0.2, 0) is 14.2 Å². The summed E-state index contributed by atoms with van der Waals surface area (Å²) < 4.78 is 17.5. The molecular formula is C16H28O4. The van der Waals surface area contributed by atoms with Crippen molar-refractivity contribution >= 4 is 0 Å². The molecule has 4 atom stereocenters. The van der Waals surface area contributed by atoms with Crippen molar-refractivity contribution in [2.45, 2.75) is 70.2 Å². The van der Waals surface area contributed by atoms with Crippen LogP contribution in [0, 0.1) is 0 Å². The molecular weight excluding hydrogens is 256 g/mol.